The summed E-state index contributed by atoms with van der Waals surface area (Å²) in [7, 11) is 0. The maximum absolute atomic E-state index is 11.8. The van der Waals surface area contributed by atoms with Crippen LogP contribution in [0.15, 0.2) is 54.6 Å². The normalized spacial score (nSPS) is 9.81. The minimum atomic E-state index is -0.0776. The third kappa shape index (κ3) is 2.48. The van der Waals surface area contributed by atoms with Crippen LogP contribution in [0.4, 0.5) is 5.69 Å². The predicted octanol–water partition coefficient (Wildman–Crippen LogP) is 3.25. The van der Waals surface area contributed by atoms with Crippen LogP contribution in [0.5, 0.6) is 0 Å². The predicted molar refractivity (Wildman–Crippen MR) is 65.6 cm³/mol. The van der Waals surface area contributed by atoms with Gasteiger partial charge in [-0.1, -0.05) is 30.3 Å². The summed E-state index contributed by atoms with van der Waals surface area (Å²) in [5.41, 5.74) is 2.63. The molecule has 2 nitrogen and oxygen atoms in total. The summed E-state index contributed by atoms with van der Waals surface area (Å²) in [4.78, 5) is 11.8. The lowest BCUT2D eigenvalue weighted by atomic mass is 10.2. The molecule has 0 saturated carbocycles. The van der Waals surface area contributed by atoms with Gasteiger partial charge in [-0.3, -0.25) is 4.79 Å². The minimum absolute atomic E-state index is 0.0776. The van der Waals surface area contributed by atoms with Gasteiger partial charge in [-0.25, -0.2) is 0 Å². The number of rotatable bonds is 2. The lowest BCUT2D eigenvalue weighted by Crippen LogP contribution is -2.11. The van der Waals surface area contributed by atoms with Crippen molar-refractivity contribution < 1.29 is 4.79 Å². The van der Waals surface area contributed by atoms with Crippen molar-refractivity contribution in [2.45, 2.75) is 6.92 Å². The molecule has 0 heterocycles. The highest BCUT2D eigenvalue weighted by Crippen LogP contribution is 2.11. The van der Waals surface area contributed by atoms with Gasteiger partial charge in [0, 0.05) is 11.3 Å². The molecule has 2 heteroatoms. The Morgan fingerprint density at radius 3 is 2.44 bits per heavy atom. The number of hydrogen-bond donors (Lipinski definition) is 1. The van der Waals surface area contributed by atoms with Crippen LogP contribution < -0.4 is 5.32 Å². The molecule has 0 aliphatic rings. The number of aryl methyl sites for hydroxylation is 1. The standard InChI is InChI=1S/C14H13NO/c1-11-6-5-9-13(10-11)15-14(16)12-7-3-2-4-8-12/h2-10H,1H3,(H,15,16). The Hall–Kier alpha value is -2.09. The van der Waals surface area contributed by atoms with Gasteiger partial charge >= 0.3 is 0 Å². The molecule has 0 saturated heterocycles. The van der Waals surface area contributed by atoms with Crippen molar-refractivity contribution in [2.24, 2.45) is 0 Å². The van der Waals surface area contributed by atoms with Gasteiger partial charge in [-0.05, 0) is 36.8 Å². The molecule has 1 amide bonds. The molecule has 0 radical (unpaired) electrons. The van der Waals surface area contributed by atoms with E-state index in [0.29, 0.717) is 5.56 Å². The van der Waals surface area contributed by atoms with Gasteiger partial charge in [-0.2, -0.15) is 0 Å². The van der Waals surface area contributed by atoms with Gasteiger partial charge in [-0.15, -0.1) is 0 Å². The van der Waals surface area contributed by atoms with E-state index in [1.807, 2.05) is 49.4 Å². The fourth-order valence-corrected chi connectivity index (χ4v) is 1.52. The van der Waals surface area contributed by atoms with E-state index in [4.69, 9.17) is 0 Å². The van der Waals surface area contributed by atoms with Gasteiger partial charge in [0.05, 0.1) is 0 Å². The summed E-state index contributed by atoms with van der Waals surface area (Å²) in [6, 6.07) is 16.9. The van der Waals surface area contributed by atoms with Crippen molar-refractivity contribution in [3.63, 3.8) is 0 Å². The van der Waals surface area contributed by atoms with Crippen molar-refractivity contribution in [1.82, 2.24) is 0 Å². The van der Waals surface area contributed by atoms with Crippen molar-refractivity contribution in [2.75, 3.05) is 5.32 Å². The van der Waals surface area contributed by atoms with Crippen molar-refractivity contribution in [1.29, 1.82) is 0 Å². The van der Waals surface area contributed by atoms with E-state index in [1.165, 1.54) is 0 Å². The topological polar surface area (TPSA) is 29.1 Å². The monoisotopic (exact) mass is 211 g/mol. The first-order valence-electron chi connectivity index (χ1n) is 5.19. The highest BCUT2D eigenvalue weighted by atomic mass is 16.1. The number of anilines is 1. The molecule has 16 heavy (non-hydrogen) atoms. The summed E-state index contributed by atoms with van der Waals surface area (Å²) < 4.78 is 0. The maximum Gasteiger partial charge on any atom is 0.255 e. The Balaban J connectivity index is 2.14. The van der Waals surface area contributed by atoms with Gasteiger partial charge in [0.2, 0.25) is 0 Å². The third-order valence-electron chi connectivity index (χ3n) is 2.31. The van der Waals surface area contributed by atoms with Crippen LogP contribution in [-0.2, 0) is 0 Å². The van der Waals surface area contributed by atoms with E-state index in [0.717, 1.165) is 11.3 Å². The van der Waals surface area contributed by atoms with Crippen LogP contribution in [0.2, 0.25) is 0 Å². The Kier molecular flexibility index (Phi) is 3.01. The third-order valence-corrected chi connectivity index (χ3v) is 2.31. The Bertz CT molecular complexity index is 491. The second-order valence-corrected chi connectivity index (χ2v) is 3.69. The minimum Gasteiger partial charge on any atom is -0.322 e. The average Bonchev–Trinajstić information content (AvgIpc) is 2.30. The quantitative estimate of drug-likeness (QED) is 0.811. The summed E-state index contributed by atoms with van der Waals surface area (Å²) in [5.74, 6) is -0.0776. The molecule has 0 aromatic heterocycles. The fraction of sp³-hybridized carbons (Fsp3) is 0.0714. The zero-order valence-corrected chi connectivity index (χ0v) is 9.10. The van der Waals surface area contributed by atoms with E-state index in [-0.39, 0.29) is 5.91 Å². The lowest BCUT2D eigenvalue weighted by molar-refractivity contribution is 0.102. The van der Waals surface area contributed by atoms with Crippen LogP contribution in [0, 0.1) is 6.92 Å². The first-order chi connectivity index (χ1) is 7.75. The second-order valence-electron chi connectivity index (χ2n) is 3.69. The van der Waals surface area contributed by atoms with Crippen molar-refractivity contribution in [3.05, 3.63) is 65.7 Å². The highest BCUT2D eigenvalue weighted by molar-refractivity contribution is 6.04. The zero-order chi connectivity index (χ0) is 11.4. The summed E-state index contributed by atoms with van der Waals surface area (Å²) in [5, 5.41) is 2.86. The molecule has 1 N–H and O–H groups in total. The van der Waals surface area contributed by atoms with Crippen LogP contribution >= 0.6 is 0 Å². The number of nitrogens with one attached hydrogen (secondary N) is 1. The number of hydrogen-bond acceptors (Lipinski definition) is 1. The largest absolute Gasteiger partial charge is 0.322 e. The molecular formula is C14H13NO. The molecule has 0 atom stereocenters. The smallest absolute Gasteiger partial charge is 0.255 e. The molecule has 0 fully saturated rings. The summed E-state index contributed by atoms with van der Waals surface area (Å²) in [6.45, 7) is 2.00. The van der Waals surface area contributed by atoms with Gasteiger partial charge in [0.15, 0.2) is 0 Å². The Morgan fingerprint density at radius 1 is 1.00 bits per heavy atom. The van der Waals surface area contributed by atoms with Crippen LogP contribution in [0.3, 0.4) is 0 Å². The molecule has 2 aromatic carbocycles. The zero-order valence-electron chi connectivity index (χ0n) is 9.10. The average molecular weight is 211 g/mol. The molecule has 0 bridgehead atoms. The molecule has 0 spiro atoms. The van der Waals surface area contributed by atoms with Crippen molar-refractivity contribution in [3.8, 4) is 0 Å². The molecule has 0 aliphatic heterocycles. The molecule has 80 valence electrons. The first kappa shape index (κ1) is 10.4. The number of benzene rings is 2. The van der Waals surface area contributed by atoms with E-state index in [2.05, 4.69) is 5.32 Å². The molecular weight excluding hydrogens is 198 g/mol. The van der Waals surface area contributed by atoms with E-state index >= 15 is 0 Å². The molecule has 0 aliphatic carbocycles. The van der Waals surface area contributed by atoms with Crippen LogP contribution in [0.25, 0.3) is 0 Å². The first-order valence-corrected chi connectivity index (χ1v) is 5.19. The van der Waals surface area contributed by atoms with Crippen LogP contribution in [0.1, 0.15) is 15.9 Å². The highest BCUT2D eigenvalue weighted by Gasteiger charge is 2.04. The van der Waals surface area contributed by atoms with E-state index < -0.39 is 0 Å². The maximum atomic E-state index is 11.8. The molecule has 2 aromatic rings. The molecule has 2 rings (SSSR count). The van der Waals surface area contributed by atoms with Gasteiger partial charge in [0.1, 0.15) is 0 Å². The second kappa shape index (κ2) is 4.62. The Labute approximate surface area is 94.9 Å². The van der Waals surface area contributed by atoms with Gasteiger partial charge < -0.3 is 5.32 Å². The SMILES string of the molecule is Cc1cccc(NC(=O)c2ccccc2)c1. The number of carbonyl (C=O) groups excluding carboxylic acids is 1. The van der Waals surface area contributed by atoms with E-state index in [1.54, 1.807) is 12.1 Å². The number of carbonyl (C=O) groups is 1. The van der Waals surface area contributed by atoms with Crippen LogP contribution in [-0.4, -0.2) is 5.91 Å². The molecule has 0 unspecified atom stereocenters. The Morgan fingerprint density at radius 2 is 1.75 bits per heavy atom. The van der Waals surface area contributed by atoms with Crippen molar-refractivity contribution >= 4 is 11.6 Å². The van der Waals surface area contributed by atoms with Gasteiger partial charge in [0.25, 0.3) is 5.91 Å². The lowest BCUT2D eigenvalue weighted by Gasteiger charge is -2.05. The fourth-order valence-electron chi connectivity index (χ4n) is 1.52. The van der Waals surface area contributed by atoms with E-state index in [9.17, 15) is 4.79 Å². The summed E-state index contributed by atoms with van der Waals surface area (Å²) >= 11 is 0. The number of amides is 1. The summed E-state index contributed by atoms with van der Waals surface area (Å²) in [6.07, 6.45) is 0.